The lowest BCUT2D eigenvalue weighted by Crippen LogP contribution is -2.51. The van der Waals surface area contributed by atoms with Crippen LogP contribution in [-0.4, -0.2) is 63.2 Å². The van der Waals surface area contributed by atoms with Gasteiger partial charge < -0.3 is 15.5 Å². The topological polar surface area (TPSA) is 47.6 Å². The molecule has 1 atom stereocenters. The van der Waals surface area contributed by atoms with E-state index in [9.17, 15) is 4.79 Å². The molecule has 1 aliphatic rings. The van der Waals surface area contributed by atoms with E-state index in [1.54, 1.807) is 7.05 Å². The Morgan fingerprint density at radius 1 is 1.18 bits per heavy atom. The quantitative estimate of drug-likeness (QED) is 0.817. The number of nitrogens with one attached hydrogen (secondary N) is 2. The van der Waals surface area contributed by atoms with Gasteiger partial charge in [-0.3, -0.25) is 9.69 Å². The minimum atomic E-state index is 0. The summed E-state index contributed by atoms with van der Waals surface area (Å²) in [5.74, 6) is 0.0629. The van der Waals surface area contributed by atoms with E-state index in [0.717, 1.165) is 32.7 Å². The first-order valence-electron chi connectivity index (χ1n) is 7.65. The molecule has 2 rings (SSSR count). The van der Waals surface area contributed by atoms with Crippen molar-refractivity contribution < 1.29 is 4.79 Å². The van der Waals surface area contributed by atoms with Gasteiger partial charge in [0.25, 0.3) is 0 Å². The zero-order chi connectivity index (χ0) is 15.1. The molecule has 5 nitrogen and oxygen atoms in total. The summed E-state index contributed by atoms with van der Waals surface area (Å²) < 4.78 is 0. The molecule has 1 saturated heterocycles. The van der Waals surface area contributed by atoms with Gasteiger partial charge in [0, 0.05) is 44.5 Å². The summed E-state index contributed by atoms with van der Waals surface area (Å²) in [6.07, 6.45) is 0. The number of nitrogens with zero attached hydrogens (tertiary/aromatic N) is 2. The third-order valence-corrected chi connectivity index (χ3v) is 3.77. The number of rotatable bonds is 6. The number of anilines is 1. The van der Waals surface area contributed by atoms with Crippen LogP contribution in [0.15, 0.2) is 30.3 Å². The minimum Gasteiger partial charge on any atom is -0.369 e. The van der Waals surface area contributed by atoms with Crippen LogP contribution < -0.4 is 15.5 Å². The fourth-order valence-electron chi connectivity index (χ4n) is 2.75. The van der Waals surface area contributed by atoms with Crippen LogP contribution in [0.2, 0.25) is 0 Å². The number of piperazine rings is 1. The summed E-state index contributed by atoms with van der Waals surface area (Å²) in [4.78, 5) is 16.4. The van der Waals surface area contributed by atoms with Crippen molar-refractivity contribution in [2.24, 2.45) is 0 Å². The van der Waals surface area contributed by atoms with Crippen molar-refractivity contribution in [2.75, 3.05) is 51.2 Å². The normalized spacial score (nSPS) is 16.7. The van der Waals surface area contributed by atoms with E-state index in [-0.39, 0.29) is 24.4 Å². The van der Waals surface area contributed by atoms with Crippen LogP contribution in [0.5, 0.6) is 0 Å². The number of carbonyl (C=O) groups is 1. The molecule has 2 N–H and O–H groups in total. The molecule has 0 aliphatic carbocycles. The van der Waals surface area contributed by atoms with Gasteiger partial charge in [-0.2, -0.15) is 0 Å². The standard InChI is InChI=1S/C16H26N4O.ClH/c1-14(18-16(21)12-17-2)13-19-8-10-20(11-9-19)15-6-4-3-5-7-15;/h3-7,14,17H,8-13H2,1-2H3,(H,18,21);1H. The predicted octanol–water partition coefficient (Wildman–Crippen LogP) is 0.955. The van der Waals surface area contributed by atoms with Gasteiger partial charge in [-0.25, -0.2) is 0 Å². The van der Waals surface area contributed by atoms with E-state index < -0.39 is 0 Å². The Bertz CT molecular complexity index is 435. The van der Waals surface area contributed by atoms with Crippen LogP contribution in [0.1, 0.15) is 6.92 Å². The van der Waals surface area contributed by atoms with Crippen molar-refractivity contribution in [3.63, 3.8) is 0 Å². The summed E-state index contributed by atoms with van der Waals surface area (Å²) in [6, 6.07) is 10.7. The minimum absolute atomic E-state index is 0. The zero-order valence-electron chi connectivity index (χ0n) is 13.4. The largest absolute Gasteiger partial charge is 0.369 e. The molecule has 6 heteroatoms. The lowest BCUT2D eigenvalue weighted by molar-refractivity contribution is -0.120. The van der Waals surface area contributed by atoms with Crippen LogP contribution in [0, 0.1) is 0 Å². The zero-order valence-corrected chi connectivity index (χ0v) is 14.2. The third-order valence-electron chi connectivity index (χ3n) is 3.77. The molecule has 22 heavy (non-hydrogen) atoms. The molecule has 124 valence electrons. The average molecular weight is 327 g/mol. The summed E-state index contributed by atoms with van der Waals surface area (Å²) in [5, 5.41) is 5.88. The highest BCUT2D eigenvalue weighted by atomic mass is 35.5. The first kappa shape index (κ1) is 18.7. The number of amides is 1. The maximum atomic E-state index is 11.5. The van der Waals surface area contributed by atoms with Crippen LogP contribution >= 0.6 is 12.4 Å². The predicted molar refractivity (Wildman–Crippen MR) is 93.9 cm³/mol. The number of hydrogen-bond donors (Lipinski definition) is 2. The van der Waals surface area contributed by atoms with E-state index in [1.807, 2.05) is 0 Å². The number of para-hydroxylation sites is 1. The highest BCUT2D eigenvalue weighted by molar-refractivity contribution is 5.85. The monoisotopic (exact) mass is 326 g/mol. The van der Waals surface area contributed by atoms with Crippen molar-refractivity contribution in [1.82, 2.24) is 15.5 Å². The first-order valence-corrected chi connectivity index (χ1v) is 7.65. The van der Waals surface area contributed by atoms with Crippen LogP contribution in [-0.2, 0) is 4.79 Å². The van der Waals surface area contributed by atoms with Crippen LogP contribution in [0.4, 0.5) is 5.69 Å². The molecule has 1 aromatic rings. The number of hydrogen-bond acceptors (Lipinski definition) is 4. The van der Waals surface area contributed by atoms with E-state index >= 15 is 0 Å². The van der Waals surface area contributed by atoms with E-state index in [1.165, 1.54) is 5.69 Å². The molecule has 0 radical (unpaired) electrons. The van der Waals surface area contributed by atoms with Gasteiger partial charge in [0.15, 0.2) is 0 Å². The smallest absolute Gasteiger partial charge is 0.234 e. The molecule has 1 fully saturated rings. The average Bonchev–Trinajstić information content (AvgIpc) is 2.49. The number of carbonyl (C=O) groups excluding carboxylic acids is 1. The summed E-state index contributed by atoms with van der Waals surface area (Å²) in [6.45, 7) is 7.53. The lowest BCUT2D eigenvalue weighted by atomic mass is 10.2. The second kappa shape index (κ2) is 9.66. The van der Waals surface area contributed by atoms with Gasteiger partial charge in [-0.05, 0) is 26.1 Å². The fourth-order valence-corrected chi connectivity index (χ4v) is 2.75. The van der Waals surface area contributed by atoms with E-state index in [2.05, 4.69) is 57.7 Å². The van der Waals surface area contributed by atoms with E-state index in [4.69, 9.17) is 0 Å². The maximum Gasteiger partial charge on any atom is 0.234 e. The molecule has 0 saturated carbocycles. The molecule has 1 aliphatic heterocycles. The molecule has 1 unspecified atom stereocenters. The second-order valence-electron chi connectivity index (χ2n) is 5.62. The van der Waals surface area contributed by atoms with Crippen LogP contribution in [0.3, 0.4) is 0 Å². The Hall–Kier alpha value is -1.30. The number of benzene rings is 1. The Labute approximate surface area is 139 Å². The van der Waals surface area contributed by atoms with Gasteiger partial charge >= 0.3 is 0 Å². The van der Waals surface area contributed by atoms with Crippen molar-refractivity contribution >= 4 is 24.0 Å². The summed E-state index contributed by atoms with van der Waals surface area (Å²) in [5.41, 5.74) is 1.30. The van der Waals surface area contributed by atoms with Gasteiger partial charge in [0.1, 0.15) is 0 Å². The Morgan fingerprint density at radius 2 is 1.82 bits per heavy atom. The molecule has 1 amide bonds. The fraction of sp³-hybridized carbons (Fsp3) is 0.562. The highest BCUT2D eigenvalue weighted by Crippen LogP contribution is 2.15. The Kier molecular flexibility index (Phi) is 8.24. The number of likely N-dealkylation sites (N-methyl/N-ethyl adjacent to an activating group) is 1. The Balaban J connectivity index is 0.00000242. The van der Waals surface area contributed by atoms with Gasteiger partial charge in [-0.15, -0.1) is 12.4 Å². The first-order chi connectivity index (χ1) is 10.2. The van der Waals surface area contributed by atoms with Gasteiger partial charge in [0.2, 0.25) is 5.91 Å². The lowest BCUT2D eigenvalue weighted by Gasteiger charge is -2.37. The van der Waals surface area contributed by atoms with Crippen molar-refractivity contribution in [3.05, 3.63) is 30.3 Å². The molecular weight excluding hydrogens is 300 g/mol. The summed E-state index contributed by atoms with van der Waals surface area (Å²) >= 11 is 0. The van der Waals surface area contributed by atoms with Crippen molar-refractivity contribution in [2.45, 2.75) is 13.0 Å². The molecule has 0 bridgehead atoms. The molecule has 1 heterocycles. The van der Waals surface area contributed by atoms with E-state index in [0.29, 0.717) is 6.54 Å². The Morgan fingerprint density at radius 3 is 2.41 bits per heavy atom. The number of halogens is 1. The molecule has 0 aromatic heterocycles. The SMILES string of the molecule is CNCC(=O)NC(C)CN1CCN(c2ccccc2)CC1.Cl. The summed E-state index contributed by atoms with van der Waals surface area (Å²) in [7, 11) is 1.78. The molecule has 0 spiro atoms. The van der Waals surface area contributed by atoms with Crippen molar-refractivity contribution in [3.8, 4) is 0 Å². The van der Waals surface area contributed by atoms with Crippen LogP contribution in [0.25, 0.3) is 0 Å². The third kappa shape index (κ3) is 5.83. The van der Waals surface area contributed by atoms with Crippen molar-refractivity contribution in [1.29, 1.82) is 0 Å². The maximum absolute atomic E-state index is 11.5. The van der Waals surface area contributed by atoms with Gasteiger partial charge in [-0.1, -0.05) is 18.2 Å². The highest BCUT2D eigenvalue weighted by Gasteiger charge is 2.19. The molecule has 1 aromatic carbocycles. The molecular formula is C16H27ClN4O. The second-order valence-corrected chi connectivity index (χ2v) is 5.62. The van der Waals surface area contributed by atoms with Gasteiger partial charge in [0.05, 0.1) is 6.54 Å².